The van der Waals surface area contributed by atoms with Crippen molar-refractivity contribution in [2.24, 2.45) is 0 Å². The number of nitrogens with one attached hydrogen (secondary N) is 1. The van der Waals surface area contributed by atoms with Crippen LogP contribution in [0.3, 0.4) is 0 Å². The second-order valence-electron chi connectivity index (χ2n) is 5.18. The van der Waals surface area contributed by atoms with Crippen LogP contribution in [0.25, 0.3) is 0 Å². The SMILES string of the molecule is COC[C@@H](C)N(C)C(=O)c1ccc2c(c1)NC(=O)[C@@H](C)S2. The van der Waals surface area contributed by atoms with E-state index in [9.17, 15) is 9.59 Å². The summed E-state index contributed by atoms with van der Waals surface area (Å²) in [6.07, 6.45) is 0. The lowest BCUT2D eigenvalue weighted by molar-refractivity contribution is -0.115. The molecule has 0 bridgehead atoms. The lowest BCUT2D eigenvalue weighted by Gasteiger charge is -2.26. The van der Waals surface area contributed by atoms with Gasteiger partial charge < -0.3 is 15.0 Å². The molecule has 21 heavy (non-hydrogen) atoms. The average Bonchev–Trinajstić information content (AvgIpc) is 2.46. The van der Waals surface area contributed by atoms with Crippen LogP contribution in [-0.2, 0) is 9.53 Å². The van der Waals surface area contributed by atoms with Gasteiger partial charge in [0, 0.05) is 24.6 Å². The van der Waals surface area contributed by atoms with Crippen molar-refractivity contribution in [3.8, 4) is 0 Å². The predicted octanol–water partition coefficient (Wildman–Crippen LogP) is 2.23. The van der Waals surface area contributed by atoms with E-state index in [-0.39, 0.29) is 23.1 Å². The molecule has 0 aliphatic carbocycles. The Bertz CT molecular complexity index is 562. The normalized spacial score (nSPS) is 18.7. The summed E-state index contributed by atoms with van der Waals surface area (Å²) in [6, 6.07) is 5.42. The zero-order valence-electron chi connectivity index (χ0n) is 12.7. The molecular formula is C15H20N2O3S. The van der Waals surface area contributed by atoms with Crippen LogP contribution in [0.1, 0.15) is 24.2 Å². The number of nitrogens with zero attached hydrogens (tertiary/aromatic N) is 1. The molecule has 5 nitrogen and oxygen atoms in total. The third-order valence-corrected chi connectivity index (χ3v) is 4.72. The van der Waals surface area contributed by atoms with E-state index in [0.717, 1.165) is 4.90 Å². The summed E-state index contributed by atoms with van der Waals surface area (Å²) >= 11 is 1.51. The fraction of sp³-hybridized carbons (Fsp3) is 0.467. The van der Waals surface area contributed by atoms with Crippen molar-refractivity contribution in [2.75, 3.05) is 26.1 Å². The van der Waals surface area contributed by atoms with Crippen molar-refractivity contribution in [2.45, 2.75) is 30.0 Å². The minimum atomic E-state index is -0.108. The first-order chi connectivity index (χ1) is 9.93. The van der Waals surface area contributed by atoms with E-state index in [0.29, 0.717) is 17.9 Å². The zero-order valence-corrected chi connectivity index (χ0v) is 13.5. The number of hydrogen-bond donors (Lipinski definition) is 1. The second kappa shape index (κ2) is 6.49. The molecule has 1 heterocycles. The largest absolute Gasteiger partial charge is 0.383 e. The van der Waals surface area contributed by atoms with Gasteiger partial charge in [0.2, 0.25) is 5.91 Å². The van der Waals surface area contributed by atoms with E-state index in [1.54, 1.807) is 31.2 Å². The van der Waals surface area contributed by atoms with Crippen LogP contribution in [-0.4, -0.2) is 48.8 Å². The Hall–Kier alpha value is -1.53. The third-order valence-electron chi connectivity index (χ3n) is 3.55. The summed E-state index contributed by atoms with van der Waals surface area (Å²) in [6.45, 7) is 4.28. The number of rotatable bonds is 4. The van der Waals surface area contributed by atoms with Crippen LogP contribution < -0.4 is 5.32 Å². The van der Waals surface area contributed by atoms with Gasteiger partial charge in [-0.3, -0.25) is 9.59 Å². The Morgan fingerprint density at radius 2 is 2.24 bits per heavy atom. The van der Waals surface area contributed by atoms with Crippen molar-refractivity contribution in [3.05, 3.63) is 23.8 Å². The fourth-order valence-electron chi connectivity index (χ4n) is 2.10. The quantitative estimate of drug-likeness (QED) is 0.926. The highest BCUT2D eigenvalue weighted by Gasteiger charge is 2.25. The Morgan fingerprint density at radius 3 is 2.90 bits per heavy atom. The van der Waals surface area contributed by atoms with Gasteiger partial charge in [-0.1, -0.05) is 0 Å². The maximum absolute atomic E-state index is 12.4. The number of likely N-dealkylation sites (N-methyl/N-ethyl adjacent to an activating group) is 1. The Labute approximate surface area is 129 Å². The molecule has 1 aliphatic heterocycles. The van der Waals surface area contributed by atoms with Gasteiger partial charge in [-0.15, -0.1) is 11.8 Å². The molecule has 0 saturated heterocycles. The summed E-state index contributed by atoms with van der Waals surface area (Å²) in [4.78, 5) is 26.8. The van der Waals surface area contributed by atoms with Gasteiger partial charge >= 0.3 is 0 Å². The average molecular weight is 308 g/mol. The van der Waals surface area contributed by atoms with E-state index < -0.39 is 0 Å². The minimum absolute atomic E-state index is 0.0116. The van der Waals surface area contributed by atoms with Gasteiger partial charge in [0.25, 0.3) is 5.91 Å². The van der Waals surface area contributed by atoms with Crippen molar-refractivity contribution in [1.29, 1.82) is 0 Å². The van der Waals surface area contributed by atoms with Crippen LogP contribution in [0.5, 0.6) is 0 Å². The van der Waals surface area contributed by atoms with Crippen molar-refractivity contribution in [3.63, 3.8) is 0 Å². The molecular weight excluding hydrogens is 288 g/mol. The molecule has 0 radical (unpaired) electrons. The molecule has 1 aromatic rings. The smallest absolute Gasteiger partial charge is 0.253 e. The maximum atomic E-state index is 12.4. The minimum Gasteiger partial charge on any atom is -0.383 e. The number of thioether (sulfide) groups is 1. The maximum Gasteiger partial charge on any atom is 0.253 e. The molecule has 0 aromatic heterocycles. The van der Waals surface area contributed by atoms with E-state index in [2.05, 4.69) is 5.32 Å². The van der Waals surface area contributed by atoms with E-state index >= 15 is 0 Å². The van der Waals surface area contributed by atoms with Gasteiger partial charge in [-0.05, 0) is 32.0 Å². The van der Waals surface area contributed by atoms with Crippen molar-refractivity contribution < 1.29 is 14.3 Å². The topological polar surface area (TPSA) is 58.6 Å². The molecule has 6 heteroatoms. The molecule has 0 fully saturated rings. The van der Waals surface area contributed by atoms with Gasteiger partial charge in [-0.2, -0.15) is 0 Å². The first-order valence-electron chi connectivity index (χ1n) is 6.81. The molecule has 0 unspecified atom stereocenters. The molecule has 1 N–H and O–H groups in total. The Balaban J connectivity index is 2.20. The molecule has 114 valence electrons. The molecule has 1 aromatic carbocycles. The highest BCUT2D eigenvalue weighted by Crippen LogP contribution is 2.36. The summed E-state index contributed by atoms with van der Waals surface area (Å²) < 4.78 is 5.07. The molecule has 2 amide bonds. The van der Waals surface area contributed by atoms with Crippen molar-refractivity contribution >= 4 is 29.3 Å². The highest BCUT2D eigenvalue weighted by molar-refractivity contribution is 8.00. The first-order valence-corrected chi connectivity index (χ1v) is 7.69. The fourth-order valence-corrected chi connectivity index (χ4v) is 3.03. The number of benzene rings is 1. The number of carbonyl (C=O) groups is 2. The molecule has 2 atom stereocenters. The van der Waals surface area contributed by atoms with Crippen LogP contribution >= 0.6 is 11.8 Å². The number of fused-ring (bicyclic) bond motifs is 1. The number of ether oxygens (including phenoxy) is 1. The number of methoxy groups -OCH3 is 1. The second-order valence-corrected chi connectivity index (χ2v) is 6.56. The third kappa shape index (κ3) is 3.39. The number of carbonyl (C=O) groups excluding carboxylic acids is 2. The van der Waals surface area contributed by atoms with Gasteiger partial charge in [0.1, 0.15) is 0 Å². The number of amides is 2. The summed E-state index contributed by atoms with van der Waals surface area (Å²) in [5, 5.41) is 2.74. The van der Waals surface area contributed by atoms with Crippen LogP contribution in [0.2, 0.25) is 0 Å². The molecule has 1 aliphatic rings. The number of hydrogen-bond acceptors (Lipinski definition) is 4. The lowest BCUT2D eigenvalue weighted by Crippen LogP contribution is -2.38. The van der Waals surface area contributed by atoms with E-state index in [1.165, 1.54) is 11.8 Å². The Morgan fingerprint density at radius 1 is 1.52 bits per heavy atom. The highest BCUT2D eigenvalue weighted by atomic mass is 32.2. The summed E-state index contributed by atoms with van der Waals surface area (Å²) in [5.41, 5.74) is 1.27. The predicted molar refractivity (Wildman–Crippen MR) is 83.8 cm³/mol. The monoisotopic (exact) mass is 308 g/mol. The van der Waals surface area contributed by atoms with E-state index in [1.807, 2.05) is 19.9 Å². The van der Waals surface area contributed by atoms with Crippen LogP contribution in [0, 0.1) is 0 Å². The standard InChI is InChI=1S/C15H20N2O3S/c1-9(8-20-4)17(3)15(19)11-5-6-13-12(7-11)16-14(18)10(2)21-13/h5-7,9-10H,8H2,1-4H3,(H,16,18)/t9-,10-/m1/s1. The summed E-state index contributed by atoms with van der Waals surface area (Å²) in [5.74, 6) is -0.113. The molecule has 2 rings (SSSR count). The Kier molecular flexibility index (Phi) is 4.90. The summed E-state index contributed by atoms with van der Waals surface area (Å²) in [7, 11) is 3.36. The van der Waals surface area contributed by atoms with Gasteiger partial charge in [-0.25, -0.2) is 0 Å². The van der Waals surface area contributed by atoms with Crippen LogP contribution in [0.15, 0.2) is 23.1 Å². The number of anilines is 1. The zero-order chi connectivity index (χ0) is 15.6. The molecule has 0 spiro atoms. The van der Waals surface area contributed by atoms with Gasteiger partial charge in [0.15, 0.2) is 0 Å². The van der Waals surface area contributed by atoms with E-state index in [4.69, 9.17) is 4.74 Å². The lowest BCUT2D eigenvalue weighted by atomic mass is 10.1. The van der Waals surface area contributed by atoms with Crippen molar-refractivity contribution in [1.82, 2.24) is 4.90 Å². The first kappa shape index (κ1) is 15.9. The van der Waals surface area contributed by atoms with Crippen LogP contribution in [0.4, 0.5) is 5.69 Å². The molecule has 0 saturated carbocycles. The van der Waals surface area contributed by atoms with Gasteiger partial charge in [0.05, 0.1) is 23.6 Å².